The fraction of sp³-hybridized carbons (Fsp3) is 0.0233. The Hall–Kier alpha value is -6.06. The zero-order chi connectivity index (χ0) is 30.2. The van der Waals surface area contributed by atoms with Gasteiger partial charge < -0.3 is 13.6 Å². The molecule has 0 spiro atoms. The second-order valence-electron chi connectivity index (χ2n) is 12.1. The largest absolute Gasteiger partial charge is 0.455 e. The van der Waals surface area contributed by atoms with E-state index in [1.54, 1.807) is 0 Å². The molecule has 6 aromatic carbocycles. The van der Waals surface area contributed by atoms with Crippen LogP contribution in [0.3, 0.4) is 0 Å². The number of nitrogens with zero attached hydrogens (tertiary/aromatic N) is 2. The molecule has 0 saturated carbocycles. The van der Waals surface area contributed by atoms with Crippen LogP contribution in [-0.4, -0.2) is 9.13 Å². The van der Waals surface area contributed by atoms with Gasteiger partial charge in [-0.25, -0.2) is 0 Å². The van der Waals surface area contributed by atoms with Gasteiger partial charge in [0.2, 0.25) is 0 Å². The van der Waals surface area contributed by atoms with Crippen LogP contribution in [0.4, 0.5) is 0 Å². The summed E-state index contributed by atoms with van der Waals surface area (Å²) in [7, 11) is 0. The average Bonchev–Trinajstić information content (AvgIpc) is 3.67. The monoisotopic (exact) mass is 588 g/mol. The van der Waals surface area contributed by atoms with Gasteiger partial charge in [0.25, 0.3) is 0 Å². The van der Waals surface area contributed by atoms with Crippen LogP contribution < -0.4 is 0 Å². The summed E-state index contributed by atoms with van der Waals surface area (Å²) in [5, 5.41) is 7.22. The summed E-state index contributed by atoms with van der Waals surface area (Å²) in [5.41, 5.74) is 11.1. The molecule has 0 saturated heterocycles. The molecular weight excluding hydrogens is 560 g/mol. The minimum Gasteiger partial charge on any atom is -0.455 e. The van der Waals surface area contributed by atoms with E-state index in [9.17, 15) is 0 Å². The fourth-order valence-corrected chi connectivity index (χ4v) is 7.51. The molecule has 0 atom stereocenters. The molecule has 0 fully saturated rings. The van der Waals surface area contributed by atoms with Gasteiger partial charge in [0.1, 0.15) is 11.2 Å². The molecule has 9 aromatic rings. The van der Waals surface area contributed by atoms with Gasteiger partial charge in [-0.1, -0.05) is 103 Å². The van der Waals surface area contributed by atoms with Gasteiger partial charge >= 0.3 is 0 Å². The average molecular weight is 589 g/mol. The van der Waals surface area contributed by atoms with Crippen LogP contribution in [0.25, 0.3) is 88.1 Å². The lowest BCUT2D eigenvalue weighted by molar-refractivity contribution is 0.670. The highest BCUT2D eigenvalue weighted by Crippen LogP contribution is 2.42. The lowest BCUT2D eigenvalue weighted by Crippen LogP contribution is -1.95. The van der Waals surface area contributed by atoms with Gasteiger partial charge in [-0.2, -0.15) is 0 Å². The van der Waals surface area contributed by atoms with E-state index in [2.05, 4.69) is 161 Å². The van der Waals surface area contributed by atoms with E-state index in [1.165, 1.54) is 49.3 Å². The summed E-state index contributed by atoms with van der Waals surface area (Å²) in [5.74, 6) is 0. The van der Waals surface area contributed by atoms with E-state index < -0.39 is 0 Å². The third-order valence-electron chi connectivity index (χ3n) is 9.52. The summed E-state index contributed by atoms with van der Waals surface area (Å²) in [6.45, 7) is 0. The van der Waals surface area contributed by atoms with Crippen molar-refractivity contribution in [1.29, 1.82) is 0 Å². The quantitative estimate of drug-likeness (QED) is 0.201. The van der Waals surface area contributed by atoms with Crippen LogP contribution in [0, 0.1) is 0 Å². The predicted octanol–water partition coefficient (Wildman–Crippen LogP) is 11.8. The topological polar surface area (TPSA) is 23.0 Å². The van der Waals surface area contributed by atoms with Gasteiger partial charge in [-0.15, -0.1) is 0 Å². The zero-order valence-electron chi connectivity index (χ0n) is 25.0. The Morgan fingerprint density at radius 1 is 0.500 bits per heavy atom. The number of hydrogen-bond donors (Lipinski definition) is 0. The smallest absolute Gasteiger partial charge is 0.143 e. The molecular formula is C43H28N2O. The van der Waals surface area contributed by atoms with Crippen LogP contribution in [0.15, 0.2) is 162 Å². The molecule has 3 nitrogen and oxygen atoms in total. The normalized spacial score (nSPS) is 13.5. The number of allylic oxidation sites excluding steroid dienone is 6. The third kappa shape index (κ3) is 3.60. The first-order valence-corrected chi connectivity index (χ1v) is 15.8. The van der Waals surface area contributed by atoms with Crippen LogP contribution in [0.1, 0.15) is 6.42 Å². The van der Waals surface area contributed by atoms with Crippen molar-refractivity contribution in [3.63, 3.8) is 0 Å². The molecule has 0 radical (unpaired) electrons. The first-order chi connectivity index (χ1) is 22.8. The molecule has 3 aromatic heterocycles. The van der Waals surface area contributed by atoms with Crippen LogP contribution in [0.2, 0.25) is 0 Å². The molecule has 1 aliphatic rings. The fourth-order valence-electron chi connectivity index (χ4n) is 7.51. The summed E-state index contributed by atoms with van der Waals surface area (Å²) in [6.07, 6.45) is 11.9. The van der Waals surface area contributed by atoms with Crippen molar-refractivity contribution < 1.29 is 4.42 Å². The number of aromatic nitrogens is 2. The first-order valence-electron chi connectivity index (χ1n) is 15.8. The van der Waals surface area contributed by atoms with E-state index in [-0.39, 0.29) is 0 Å². The molecule has 0 unspecified atom stereocenters. The molecule has 0 bridgehead atoms. The van der Waals surface area contributed by atoms with Crippen molar-refractivity contribution in [2.75, 3.05) is 0 Å². The molecule has 0 amide bonds. The number of hydrogen-bond acceptors (Lipinski definition) is 1. The van der Waals surface area contributed by atoms with E-state index >= 15 is 0 Å². The molecule has 0 N–H and O–H groups in total. The van der Waals surface area contributed by atoms with Crippen molar-refractivity contribution in [3.05, 3.63) is 158 Å². The SMILES string of the molecule is C1=CCC=C(n2c3ccccc3c3cc(-c4cc(-n5c6ccccc6c6ccccc65)cc5c4oc4ccccc45)ccc32)C=C1. The number of rotatable bonds is 3. The maximum Gasteiger partial charge on any atom is 0.143 e. The van der Waals surface area contributed by atoms with Crippen molar-refractivity contribution in [3.8, 4) is 16.8 Å². The number of fused-ring (bicyclic) bond motifs is 9. The predicted molar refractivity (Wildman–Crippen MR) is 194 cm³/mol. The zero-order valence-corrected chi connectivity index (χ0v) is 25.0. The maximum atomic E-state index is 6.66. The minimum absolute atomic E-state index is 0.900. The van der Waals surface area contributed by atoms with Crippen LogP contribution in [0.5, 0.6) is 0 Å². The summed E-state index contributed by atoms with van der Waals surface area (Å²) >= 11 is 0. The Labute approximate surface area is 265 Å². The number of para-hydroxylation sites is 4. The molecule has 3 heteroatoms. The lowest BCUT2D eigenvalue weighted by Gasteiger charge is -2.12. The van der Waals surface area contributed by atoms with Crippen molar-refractivity contribution in [1.82, 2.24) is 9.13 Å². The molecule has 46 heavy (non-hydrogen) atoms. The number of benzene rings is 6. The molecule has 10 rings (SSSR count). The van der Waals surface area contributed by atoms with E-state index in [0.29, 0.717) is 0 Å². The second kappa shape index (κ2) is 9.72. The van der Waals surface area contributed by atoms with Crippen LogP contribution in [-0.2, 0) is 0 Å². The van der Waals surface area contributed by atoms with Gasteiger partial charge in [0.05, 0.1) is 22.1 Å². The Balaban J connectivity index is 1.29. The van der Waals surface area contributed by atoms with Crippen molar-refractivity contribution in [2.45, 2.75) is 6.42 Å². The molecule has 0 aliphatic heterocycles. The minimum atomic E-state index is 0.900. The van der Waals surface area contributed by atoms with Crippen molar-refractivity contribution in [2.24, 2.45) is 0 Å². The first kappa shape index (κ1) is 25.3. The Morgan fingerprint density at radius 3 is 1.89 bits per heavy atom. The highest BCUT2D eigenvalue weighted by Gasteiger charge is 2.20. The Kier molecular flexibility index (Phi) is 5.34. The lowest BCUT2D eigenvalue weighted by atomic mass is 9.99. The Bertz CT molecular complexity index is 2720. The summed E-state index contributed by atoms with van der Waals surface area (Å²) in [6, 6.07) is 46.0. The summed E-state index contributed by atoms with van der Waals surface area (Å²) in [4.78, 5) is 0. The van der Waals surface area contributed by atoms with Gasteiger partial charge in [0, 0.05) is 49.3 Å². The highest BCUT2D eigenvalue weighted by atomic mass is 16.3. The molecule has 1 aliphatic carbocycles. The number of furan rings is 1. The van der Waals surface area contributed by atoms with E-state index in [4.69, 9.17) is 4.42 Å². The standard InChI is InChI=1S/C43H28N2O/c1-2-4-14-29(13-3-1)44-40-21-11-7-17-33(40)36-25-28(23-24-41(36)44)35-26-30(27-37-34-18-8-12-22-42(34)46-43(35)37)45-38-19-9-5-15-31(38)32-16-6-10-20-39(32)45/h1-3,5-27H,4H2. The van der Waals surface area contributed by atoms with Gasteiger partial charge in [-0.05, 0) is 66.6 Å². The van der Waals surface area contributed by atoms with Crippen LogP contribution >= 0.6 is 0 Å². The van der Waals surface area contributed by atoms with E-state index in [1.807, 2.05) is 6.07 Å². The molecule has 216 valence electrons. The maximum absolute atomic E-state index is 6.66. The second-order valence-corrected chi connectivity index (χ2v) is 12.1. The Morgan fingerprint density at radius 2 is 1.13 bits per heavy atom. The van der Waals surface area contributed by atoms with Crippen molar-refractivity contribution >= 4 is 71.2 Å². The summed E-state index contributed by atoms with van der Waals surface area (Å²) < 4.78 is 11.5. The third-order valence-corrected chi connectivity index (χ3v) is 9.52. The highest BCUT2D eigenvalue weighted by molar-refractivity contribution is 6.15. The van der Waals surface area contributed by atoms with E-state index in [0.717, 1.165) is 45.2 Å². The van der Waals surface area contributed by atoms with Gasteiger partial charge in [0.15, 0.2) is 0 Å². The van der Waals surface area contributed by atoms with Gasteiger partial charge in [-0.3, -0.25) is 0 Å². The molecule has 3 heterocycles.